The lowest BCUT2D eigenvalue weighted by atomic mass is 10.2. The number of hydrogen-bond donors (Lipinski definition) is 2. The molecule has 1 aromatic rings. The van der Waals surface area contributed by atoms with Gasteiger partial charge in [-0.2, -0.15) is 19.9 Å². The zero-order chi connectivity index (χ0) is 22.9. The molecule has 0 aliphatic carbocycles. The molecule has 29 heavy (non-hydrogen) atoms. The van der Waals surface area contributed by atoms with Crippen LogP contribution in [-0.4, -0.2) is 48.7 Å². The zero-order valence-electron chi connectivity index (χ0n) is 18.0. The first-order valence-corrected chi connectivity index (χ1v) is 8.39. The van der Waals surface area contributed by atoms with Crippen LogP contribution in [0.3, 0.4) is 0 Å². The van der Waals surface area contributed by atoms with E-state index in [4.69, 9.17) is 44.5 Å². The fourth-order valence-electron chi connectivity index (χ4n) is 0.962. The molecule has 0 spiro atoms. The van der Waals surface area contributed by atoms with Gasteiger partial charge in [0.15, 0.2) is 0 Å². The fourth-order valence-corrected chi connectivity index (χ4v) is 0.962. The molecule has 1 aromatic heterocycles. The average Bonchev–Trinajstić information content (AvgIpc) is 2.55. The van der Waals surface area contributed by atoms with E-state index in [9.17, 15) is 0 Å². The van der Waals surface area contributed by atoms with Crippen LogP contribution in [0.1, 0.15) is 62.3 Å². The standard InChI is InChI=1S/C15H27N3O6.CH2O4/c1-13(2,3)22-19-10-11(20-23-14(4,5)6)16-18-17-12(10)21-24-15(7,8)9;2-1(3)5-4/h1-9H3;4H,(H,2,3). The summed E-state index contributed by atoms with van der Waals surface area (Å²) in [7, 11) is 0. The molecule has 0 aliphatic heterocycles. The van der Waals surface area contributed by atoms with Gasteiger partial charge in [-0.1, -0.05) is 10.2 Å². The molecule has 13 heteroatoms. The molecule has 1 heterocycles. The zero-order valence-corrected chi connectivity index (χ0v) is 18.0. The van der Waals surface area contributed by atoms with Crippen LogP contribution in [0, 0.1) is 0 Å². The Bertz CT molecular complexity index is 599. The highest BCUT2D eigenvalue weighted by molar-refractivity contribution is 5.55. The molecule has 1 rings (SSSR count). The summed E-state index contributed by atoms with van der Waals surface area (Å²) >= 11 is 0. The monoisotopic (exact) mass is 423 g/mol. The Hall–Kier alpha value is -2.48. The van der Waals surface area contributed by atoms with Crippen molar-refractivity contribution in [3.63, 3.8) is 0 Å². The van der Waals surface area contributed by atoms with E-state index < -0.39 is 23.0 Å². The predicted octanol–water partition coefficient (Wildman–Crippen LogP) is 3.35. The van der Waals surface area contributed by atoms with Gasteiger partial charge >= 0.3 is 17.9 Å². The van der Waals surface area contributed by atoms with Gasteiger partial charge < -0.3 is 19.8 Å². The largest absolute Gasteiger partial charge is 0.537 e. The van der Waals surface area contributed by atoms with Crippen molar-refractivity contribution < 1.29 is 49.4 Å². The highest BCUT2D eigenvalue weighted by Crippen LogP contribution is 2.35. The highest BCUT2D eigenvalue weighted by atomic mass is 17.2. The number of carboxylic acid groups (broad SMARTS) is 1. The number of carbonyl (C=O) groups is 1. The molecule has 0 atom stereocenters. The first-order valence-electron chi connectivity index (χ1n) is 8.39. The van der Waals surface area contributed by atoms with Crippen LogP contribution >= 0.6 is 0 Å². The van der Waals surface area contributed by atoms with Crippen LogP contribution in [-0.2, 0) is 19.6 Å². The molecule has 168 valence electrons. The van der Waals surface area contributed by atoms with Crippen molar-refractivity contribution in [1.29, 1.82) is 0 Å². The van der Waals surface area contributed by atoms with Gasteiger partial charge in [0.1, 0.15) is 16.8 Å². The summed E-state index contributed by atoms with van der Waals surface area (Å²) in [5, 5.41) is 25.3. The molecule has 0 fully saturated rings. The molecule has 0 unspecified atom stereocenters. The lowest BCUT2D eigenvalue weighted by molar-refractivity contribution is -0.305. The maximum absolute atomic E-state index is 8.90. The van der Waals surface area contributed by atoms with Crippen LogP contribution in [0.15, 0.2) is 0 Å². The number of hydrogen-bond acceptors (Lipinski definition) is 12. The van der Waals surface area contributed by atoms with Crippen molar-refractivity contribution in [2.75, 3.05) is 0 Å². The summed E-state index contributed by atoms with van der Waals surface area (Å²) < 4.78 is 0. The van der Waals surface area contributed by atoms with Gasteiger partial charge in [-0.25, -0.2) is 4.79 Å². The SMILES string of the molecule is CC(C)(C)OOc1nnnc(OOC(C)(C)C)c1OOC(C)(C)C.O=C(O)OO. The van der Waals surface area contributed by atoms with Crippen LogP contribution in [0.5, 0.6) is 17.5 Å². The van der Waals surface area contributed by atoms with E-state index in [1.807, 2.05) is 62.3 Å². The molecule has 0 aromatic carbocycles. The number of aromatic nitrogens is 3. The van der Waals surface area contributed by atoms with Crippen molar-refractivity contribution in [3.8, 4) is 17.5 Å². The Morgan fingerprint density at radius 3 is 1.31 bits per heavy atom. The van der Waals surface area contributed by atoms with E-state index in [0.717, 1.165) is 0 Å². The summed E-state index contributed by atoms with van der Waals surface area (Å²) in [5.41, 5.74) is -1.74. The average molecular weight is 423 g/mol. The van der Waals surface area contributed by atoms with E-state index in [-0.39, 0.29) is 17.5 Å². The second-order valence-corrected chi connectivity index (χ2v) is 8.42. The minimum atomic E-state index is -1.69. The summed E-state index contributed by atoms with van der Waals surface area (Å²) in [4.78, 5) is 43.0. The van der Waals surface area contributed by atoms with E-state index in [1.165, 1.54) is 0 Å². The maximum atomic E-state index is 8.90. The second-order valence-electron chi connectivity index (χ2n) is 8.42. The molecule has 0 saturated carbocycles. The molecule has 0 amide bonds. The maximum Gasteiger partial charge on any atom is 0.537 e. The minimum absolute atomic E-state index is 0.0478. The Kier molecular flexibility index (Phi) is 9.97. The van der Waals surface area contributed by atoms with Crippen LogP contribution < -0.4 is 14.7 Å². The topological polar surface area (TPSA) is 161 Å². The lowest BCUT2D eigenvalue weighted by Gasteiger charge is -2.21. The van der Waals surface area contributed by atoms with Gasteiger partial charge in [0.2, 0.25) is 0 Å². The van der Waals surface area contributed by atoms with E-state index in [0.29, 0.717) is 0 Å². The van der Waals surface area contributed by atoms with Crippen molar-refractivity contribution in [2.24, 2.45) is 0 Å². The van der Waals surface area contributed by atoms with Gasteiger partial charge in [-0.15, -0.1) is 0 Å². The van der Waals surface area contributed by atoms with Gasteiger partial charge in [0, 0.05) is 0 Å². The third-order valence-electron chi connectivity index (χ3n) is 1.85. The smallest absolute Gasteiger partial charge is 0.448 e. The molecule has 0 aliphatic rings. The number of rotatable bonds is 6. The lowest BCUT2D eigenvalue weighted by Crippen LogP contribution is -2.25. The Morgan fingerprint density at radius 2 is 1.03 bits per heavy atom. The van der Waals surface area contributed by atoms with Gasteiger partial charge in [0.25, 0.3) is 5.75 Å². The minimum Gasteiger partial charge on any atom is -0.448 e. The van der Waals surface area contributed by atoms with E-state index in [1.54, 1.807) is 0 Å². The quantitative estimate of drug-likeness (QED) is 0.506. The van der Waals surface area contributed by atoms with Gasteiger partial charge in [-0.05, 0) is 67.5 Å². The molecule has 0 bridgehead atoms. The molecule has 13 nitrogen and oxygen atoms in total. The van der Waals surface area contributed by atoms with Crippen LogP contribution in [0.2, 0.25) is 0 Å². The summed E-state index contributed by atoms with van der Waals surface area (Å²) in [6, 6.07) is 0. The summed E-state index contributed by atoms with van der Waals surface area (Å²) in [6.45, 7) is 16.3. The van der Waals surface area contributed by atoms with Crippen molar-refractivity contribution in [2.45, 2.75) is 79.1 Å². The van der Waals surface area contributed by atoms with Crippen molar-refractivity contribution in [3.05, 3.63) is 0 Å². The van der Waals surface area contributed by atoms with E-state index >= 15 is 0 Å². The summed E-state index contributed by atoms with van der Waals surface area (Å²) in [6.07, 6.45) is -1.69. The molecular weight excluding hydrogens is 394 g/mol. The molecule has 0 radical (unpaired) electrons. The Morgan fingerprint density at radius 1 is 0.724 bits per heavy atom. The predicted molar refractivity (Wildman–Crippen MR) is 96.0 cm³/mol. The van der Waals surface area contributed by atoms with Crippen molar-refractivity contribution >= 4 is 6.16 Å². The van der Waals surface area contributed by atoms with Crippen LogP contribution in [0.4, 0.5) is 4.79 Å². The van der Waals surface area contributed by atoms with Crippen LogP contribution in [0.25, 0.3) is 0 Å². The van der Waals surface area contributed by atoms with Gasteiger partial charge in [0.05, 0.1) is 0 Å². The first-order chi connectivity index (χ1) is 13.0. The highest BCUT2D eigenvalue weighted by Gasteiger charge is 2.27. The van der Waals surface area contributed by atoms with Crippen molar-refractivity contribution in [1.82, 2.24) is 15.4 Å². The summed E-state index contributed by atoms with van der Waals surface area (Å²) in [5.74, 6) is -0.248. The molecule has 0 saturated heterocycles. The third-order valence-corrected chi connectivity index (χ3v) is 1.85. The number of nitrogens with zero attached hydrogens (tertiary/aromatic N) is 3. The van der Waals surface area contributed by atoms with Gasteiger partial charge in [-0.3, -0.25) is 4.89 Å². The first kappa shape index (κ1) is 26.5. The normalized spacial score (nSPS) is 11.8. The third kappa shape index (κ3) is 14.2. The molecular formula is C16H29N3O10. The Balaban J connectivity index is 0.00000139. The Labute approximate surface area is 168 Å². The molecule has 2 N–H and O–H groups in total. The second kappa shape index (κ2) is 10.9. The fraction of sp³-hybridized carbons (Fsp3) is 0.750. The van der Waals surface area contributed by atoms with E-state index in [2.05, 4.69) is 20.3 Å².